The molecule has 2 aromatic rings. The average Bonchev–Trinajstić information content (AvgIpc) is 2.62. The fourth-order valence-corrected chi connectivity index (χ4v) is 5.56. The first-order valence-corrected chi connectivity index (χ1v) is 10.3. The second kappa shape index (κ2) is 8.41. The molecule has 1 aliphatic heterocycles. The topological polar surface area (TPSA) is 50.2 Å². The van der Waals surface area contributed by atoms with Crippen LogP contribution in [0.5, 0.6) is 0 Å². The Balaban J connectivity index is 1.93. The number of carbonyl (C=O) groups is 1. The van der Waals surface area contributed by atoms with Crippen LogP contribution in [0.25, 0.3) is 0 Å². The number of Topliss-reactive ketones (excluding diaryl/α,β-unsaturated/α-hetero) is 1. The first kappa shape index (κ1) is 18.5. The highest BCUT2D eigenvalue weighted by atomic mass is 35.5. The maximum absolute atomic E-state index is 12.8. The molecular formula is C19H18ClNO2S2. The normalized spacial score (nSPS) is 19.2. The maximum atomic E-state index is 12.8. The lowest BCUT2D eigenvalue weighted by atomic mass is 9.97. The van der Waals surface area contributed by atoms with E-state index in [0.29, 0.717) is 22.7 Å². The molecule has 0 spiro atoms. The molecule has 2 atom stereocenters. The molecule has 0 amide bonds. The van der Waals surface area contributed by atoms with Crippen LogP contribution in [0.4, 0.5) is 0 Å². The molecule has 3 rings (SSSR count). The van der Waals surface area contributed by atoms with Crippen LogP contribution in [-0.2, 0) is 4.79 Å². The predicted octanol–water partition coefficient (Wildman–Crippen LogP) is 5.18. The smallest absolute Gasteiger partial charge is 0.164 e. The Bertz CT molecular complexity index is 778. The molecule has 1 N–H and O–H groups in total. The minimum absolute atomic E-state index is 0.0206. The van der Waals surface area contributed by atoms with E-state index in [1.54, 1.807) is 41.9 Å². The van der Waals surface area contributed by atoms with Gasteiger partial charge in [0.1, 0.15) is 6.10 Å². The van der Waals surface area contributed by atoms with E-state index in [-0.39, 0.29) is 11.0 Å². The summed E-state index contributed by atoms with van der Waals surface area (Å²) in [5.74, 6) is 0.814. The lowest BCUT2D eigenvalue weighted by molar-refractivity contribution is -0.116. The first-order valence-electron chi connectivity index (χ1n) is 8.01. The quantitative estimate of drug-likeness (QED) is 0.760. The highest BCUT2D eigenvalue weighted by Gasteiger charge is 2.34. The summed E-state index contributed by atoms with van der Waals surface area (Å²) >= 11 is 9.20. The number of benzene rings is 1. The van der Waals surface area contributed by atoms with Crippen molar-refractivity contribution >= 4 is 40.9 Å². The largest absolute Gasteiger partial charge is 0.382 e. The van der Waals surface area contributed by atoms with Crippen molar-refractivity contribution in [3.63, 3.8) is 0 Å². The minimum Gasteiger partial charge on any atom is -0.382 e. The van der Waals surface area contributed by atoms with Crippen LogP contribution in [0, 0.1) is 0 Å². The number of thioether (sulfide) groups is 2. The van der Waals surface area contributed by atoms with Gasteiger partial charge in [0.25, 0.3) is 0 Å². The summed E-state index contributed by atoms with van der Waals surface area (Å²) in [5.41, 5.74) is 2.05. The van der Waals surface area contributed by atoms with Gasteiger partial charge in [0.2, 0.25) is 0 Å². The van der Waals surface area contributed by atoms with Crippen molar-refractivity contribution in [3.8, 4) is 0 Å². The number of aliphatic hydroxyl groups excluding tert-OH is 1. The van der Waals surface area contributed by atoms with Crippen LogP contribution in [0.3, 0.4) is 0 Å². The fraction of sp³-hybridized carbons (Fsp3) is 0.263. The number of ketones is 1. The van der Waals surface area contributed by atoms with Crippen molar-refractivity contribution in [2.75, 3.05) is 5.75 Å². The van der Waals surface area contributed by atoms with Crippen molar-refractivity contribution in [1.29, 1.82) is 0 Å². The van der Waals surface area contributed by atoms with E-state index in [9.17, 15) is 9.90 Å². The van der Waals surface area contributed by atoms with E-state index in [1.165, 1.54) is 0 Å². The molecule has 0 radical (unpaired) electrons. The number of hydrogen-bond acceptors (Lipinski definition) is 5. The summed E-state index contributed by atoms with van der Waals surface area (Å²) in [6, 6.07) is 13.0. The van der Waals surface area contributed by atoms with Gasteiger partial charge in [-0.05, 0) is 35.6 Å². The molecule has 130 valence electrons. The van der Waals surface area contributed by atoms with Crippen LogP contribution >= 0.6 is 35.1 Å². The number of nitrogens with zero attached hydrogens (tertiary/aromatic N) is 1. The third-order valence-electron chi connectivity index (χ3n) is 3.90. The number of aromatic nitrogens is 1. The molecule has 2 heterocycles. The number of carbonyl (C=O) groups excluding carboxylic acids is 1. The summed E-state index contributed by atoms with van der Waals surface area (Å²) in [4.78, 5) is 17.0. The van der Waals surface area contributed by atoms with E-state index in [0.717, 1.165) is 15.6 Å². The number of aliphatic hydroxyl groups is 1. The SMILES string of the molecule is CCSC1=C(C(O)c2ccccn2)C(=O)CC(c2ccc(Cl)cc2)S1. The molecular weight excluding hydrogens is 374 g/mol. The second-order valence-corrected chi connectivity index (χ2v) is 8.76. The zero-order valence-corrected chi connectivity index (χ0v) is 16.1. The summed E-state index contributed by atoms with van der Waals surface area (Å²) in [6.45, 7) is 2.04. The van der Waals surface area contributed by atoms with Crippen LogP contribution < -0.4 is 0 Å². The third-order valence-corrected chi connectivity index (χ3v) is 6.72. The molecule has 2 unspecified atom stereocenters. The van der Waals surface area contributed by atoms with Gasteiger partial charge in [0, 0.05) is 28.5 Å². The van der Waals surface area contributed by atoms with Crippen LogP contribution in [0.15, 0.2) is 58.5 Å². The molecule has 3 nitrogen and oxygen atoms in total. The van der Waals surface area contributed by atoms with Gasteiger partial charge in [0.05, 0.1) is 9.93 Å². The Morgan fingerprint density at radius 1 is 1.32 bits per heavy atom. The monoisotopic (exact) mass is 391 g/mol. The number of rotatable bonds is 5. The van der Waals surface area contributed by atoms with Gasteiger partial charge >= 0.3 is 0 Å². The Kier molecular flexibility index (Phi) is 6.23. The Morgan fingerprint density at radius 2 is 2.08 bits per heavy atom. The predicted molar refractivity (Wildman–Crippen MR) is 106 cm³/mol. The molecule has 0 saturated carbocycles. The van der Waals surface area contributed by atoms with Gasteiger partial charge in [-0.3, -0.25) is 9.78 Å². The van der Waals surface area contributed by atoms with Crippen molar-refractivity contribution < 1.29 is 9.90 Å². The van der Waals surface area contributed by atoms with Crippen molar-refractivity contribution in [2.24, 2.45) is 0 Å². The van der Waals surface area contributed by atoms with Crippen LogP contribution in [0.2, 0.25) is 5.02 Å². The molecule has 1 aromatic carbocycles. The number of halogens is 1. The standard InChI is InChI=1S/C19H18ClNO2S2/c1-2-24-19-17(18(23)14-5-3-4-10-21-14)15(22)11-16(25-19)12-6-8-13(20)9-7-12/h3-10,16,18,23H,2,11H2,1H3. The lowest BCUT2D eigenvalue weighted by Gasteiger charge is -2.27. The molecule has 6 heteroatoms. The Hall–Kier alpha value is -1.27. The van der Waals surface area contributed by atoms with Gasteiger partial charge in [-0.15, -0.1) is 23.5 Å². The molecule has 25 heavy (non-hydrogen) atoms. The molecule has 0 aliphatic carbocycles. The Labute approximate surface area is 160 Å². The second-order valence-electron chi connectivity index (χ2n) is 5.58. The zero-order chi connectivity index (χ0) is 17.8. The molecule has 0 saturated heterocycles. The summed E-state index contributed by atoms with van der Waals surface area (Å²) in [5, 5.41) is 11.4. The van der Waals surface area contributed by atoms with Crippen molar-refractivity contribution in [2.45, 2.75) is 24.7 Å². The lowest BCUT2D eigenvalue weighted by Crippen LogP contribution is -2.20. The van der Waals surface area contributed by atoms with Gasteiger partial charge < -0.3 is 5.11 Å². The van der Waals surface area contributed by atoms with Gasteiger partial charge in [-0.25, -0.2) is 0 Å². The minimum atomic E-state index is -0.985. The maximum Gasteiger partial charge on any atom is 0.164 e. The van der Waals surface area contributed by atoms with Crippen LogP contribution in [-0.4, -0.2) is 21.6 Å². The van der Waals surface area contributed by atoms with Crippen LogP contribution in [0.1, 0.15) is 36.0 Å². The highest BCUT2D eigenvalue weighted by molar-refractivity contribution is 8.22. The van der Waals surface area contributed by atoms with E-state index in [1.807, 2.05) is 37.3 Å². The van der Waals surface area contributed by atoms with Gasteiger partial charge in [0.15, 0.2) is 5.78 Å². The molecule has 1 aliphatic rings. The van der Waals surface area contributed by atoms with E-state index >= 15 is 0 Å². The number of pyridine rings is 1. The van der Waals surface area contributed by atoms with Gasteiger partial charge in [-0.1, -0.05) is 36.7 Å². The van der Waals surface area contributed by atoms with E-state index in [2.05, 4.69) is 4.98 Å². The molecule has 0 bridgehead atoms. The Morgan fingerprint density at radius 3 is 2.72 bits per heavy atom. The van der Waals surface area contributed by atoms with E-state index in [4.69, 9.17) is 11.6 Å². The fourth-order valence-electron chi connectivity index (χ4n) is 2.68. The van der Waals surface area contributed by atoms with E-state index < -0.39 is 6.10 Å². The number of hydrogen-bond donors (Lipinski definition) is 1. The summed E-state index contributed by atoms with van der Waals surface area (Å²) in [6.07, 6.45) is 1.00. The summed E-state index contributed by atoms with van der Waals surface area (Å²) in [7, 11) is 0. The average molecular weight is 392 g/mol. The van der Waals surface area contributed by atoms with Gasteiger partial charge in [-0.2, -0.15) is 0 Å². The summed E-state index contributed by atoms with van der Waals surface area (Å²) < 4.78 is 0.886. The molecule has 1 aromatic heterocycles. The molecule has 0 fully saturated rings. The van der Waals surface area contributed by atoms with Crippen molar-refractivity contribution in [1.82, 2.24) is 4.98 Å². The first-order chi connectivity index (χ1) is 12.1. The zero-order valence-electron chi connectivity index (χ0n) is 13.7. The highest BCUT2D eigenvalue weighted by Crippen LogP contribution is 2.50. The third kappa shape index (κ3) is 4.29. The van der Waals surface area contributed by atoms with Crippen molar-refractivity contribution in [3.05, 3.63) is 74.8 Å².